The Morgan fingerprint density at radius 2 is 1.83 bits per heavy atom. The summed E-state index contributed by atoms with van der Waals surface area (Å²) in [6, 6.07) is 7.48. The average molecular weight is 453 g/mol. The topological polar surface area (TPSA) is 66.9 Å². The van der Waals surface area contributed by atoms with E-state index < -0.39 is 0 Å². The second-order valence-corrected chi connectivity index (χ2v) is 7.86. The Bertz CT molecular complexity index is 873. The minimum absolute atomic E-state index is 0.0200. The van der Waals surface area contributed by atoms with E-state index >= 15 is 0 Å². The van der Waals surface area contributed by atoms with Crippen LogP contribution in [0.3, 0.4) is 0 Å². The molecule has 162 valence electrons. The van der Waals surface area contributed by atoms with Gasteiger partial charge >= 0.3 is 0 Å². The van der Waals surface area contributed by atoms with E-state index in [0.29, 0.717) is 34.6 Å². The summed E-state index contributed by atoms with van der Waals surface area (Å²) in [4.78, 5) is 20.9. The molecule has 0 atom stereocenters. The van der Waals surface area contributed by atoms with Crippen molar-refractivity contribution < 1.29 is 14.3 Å². The van der Waals surface area contributed by atoms with Crippen molar-refractivity contribution >= 4 is 34.9 Å². The van der Waals surface area contributed by atoms with Crippen LogP contribution in [0.2, 0.25) is 10.0 Å². The van der Waals surface area contributed by atoms with Crippen LogP contribution >= 0.6 is 23.2 Å². The van der Waals surface area contributed by atoms with Crippen molar-refractivity contribution in [2.75, 3.05) is 58.4 Å². The van der Waals surface area contributed by atoms with E-state index in [1.54, 1.807) is 26.5 Å². The molecule has 1 aliphatic rings. The zero-order chi connectivity index (χ0) is 21.5. The lowest BCUT2D eigenvalue weighted by Crippen LogP contribution is -2.50. The maximum atomic E-state index is 12.3. The predicted molar refractivity (Wildman–Crippen MR) is 119 cm³/mol. The van der Waals surface area contributed by atoms with E-state index in [-0.39, 0.29) is 5.91 Å². The molecular weight excluding hydrogens is 427 g/mol. The first kappa shape index (κ1) is 22.5. The number of hydrogen-bond donors (Lipinski definition) is 1. The fourth-order valence-corrected chi connectivity index (χ4v) is 3.90. The Labute approximate surface area is 186 Å². The summed E-state index contributed by atoms with van der Waals surface area (Å²) in [5.74, 6) is 2.14. The molecule has 0 unspecified atom stereocenters. The number of amides is 1. The molecule has 0 saturated carbocycles. The third kappa shape index (κ3) is 5.90. The SMILES string of the molecule is COc1ccc(CCNC(=O)CN2CCN(c3ncc(Cl)cc3Cl)CC2)cc1OC. The molecule has 30 heavy (non-hydrogen) atoms. The fourth-order valence-electron chi connectivity index (χ4n) is 3.40. The molecule has 0 spiro atoms. The van der Waals surface area contributed by atoms with Crippen LogP contribution in [-0.4, -0.2) is 69.3 Å². The Morgan fingerprint density at radius 3 is 2.50 bits per heavy atom. The van der Waals surface area contributed by atoms with Crippen LogP contribution in [0.15, 0.2) is 30.5 Å². The highest BCUT2D eigenvalue weighted by molar-refractivity contribution is 6.36. The van der Waals surface area contributed by atoms with E-state index in [2.05, 4.69) is 20.1 Å². The molecule has 1 aliphatic heterocycles. The number of rotatable bonds is 8. The van der Waals surface area contributed by atoms with Crippen LogP contribution in [-0.2, 0) is 11.2 Å². The summed E-state index contributed by atoms with van der Waals surface area (Å²) in [5.41, 5.74) is 1.08. The van der Waals surface area contributed by atoms with Crippen LogP contribution in [0.4, 0.5) is 5.82 Å². The number of piperazine rings is 1. The molecule has 0 aliphatic carbocycles. The Morgan fingerprint density at radius 1 is 1.10 bits per heavy atom. The number of aromatic nitrogens is 1. The van der Waals surface area contributed by atoms with E-state index in [1.807, 2.05) is 18.2 Å². The van der Waals surface area contributed by atoms with Gasteiger partial charge in [0.05, 0.1) is 30.8 Å². The van der Waals surface area contributed by atoms with Gasteiger partial charge in [-0.3, -0.25) is 9.69 Å². The largest absolute Gasteiger partial charge is 0.493 e. The van der Waals surface area contributed by atoms with Gasteiger partial charge in [-0.2, -0.15) is 0 Å². The lowest BCUT2D eigenvalue weighted by molar-refractivity contribution is -0.122. The van der Waals surface area contributed by atoms with Gasteiger partial charge < -0.3 is 19.7 Å². The quantitative estimate of drug-likeness (QED) is 0.663. The first-order valence-corrected chi connectivity index (χ1v) is 10.5. The molecule has 1 N–H and O–H groups in total. The molecule has 1 fully saturated rings. The standard InChI is InChI=1S/C21H26Cl2N4O3/c1-29-18-4-3-15(11-19(18)30-2)5-6-24-20(28)14-26-7-9-27(10-8-26)21-17(23)12-16(22)13-25-21/h3-4,11-13H,5-10,14H2,1-2H3,(H,24,28). The van der Waals surface area contributed by atoms with Gasteiger partial charge in [-0.1, -0.05) is 29.3 Å². The highest BCUT2D eigenvalue weighted by Gasteiger charge is 2.21. The minimum atomic E-state index is 0.0200. The maximum Gasteiger partial charge on any atom is 0.234 e. The van der Waals surface area contributed by atoms with Crippen LogP contribution in [0.1, 0.15) is 5.56 Å². The summed E-state index contributed by atoms with van der Waals surface area (Å²) in [5, 5.41) is 4.05. The number of ether oxygens (including phenoxy) is 2. The smallest absolute Gasteiger partial charge is 0.234 e. The maximum absolute atomic E-state index is 12.3. The lowest BCUT2D eigenvalue weighted by atomic mass is 10.1. The Balaban J connectivity index is 1.41. The van der Waals surface area contributed by atoms with Crippen molar-refractivity contribution in [3.63, 3.8) is 0 Å². The molecule has 9 heteroatoms. The molecular formula is C21H26Cl2N4O3. The van der Waals surface area contributed by atoms with Gasteiger partial charge in [0, 0.05) is 38.9 Å². The summed E-state index contributed by atoms with van der Waals surface area (Å²) >= 11 is 12.2. The highest BCUT2D eigenvalue weighted by Crippen LogP contribution is 2.28. The molecule has 1 aromatic heterocycles. The molecule has 2 heterocycles. The van der Waals surface area contributed by atoms with Crippen molar-refractivity contribution in [1.29, 1.82) is 0 Å². The van der Waals surface area contributed by atoms with E-state index in [9.17, 15) is 4.79 Å². The van der Waals surface area contributed by atoms with Crippen molar-refractivity contribution in [3.8, 4) is 11.5 Å². The first-order chi connectivity index (χ1) is 14.5. The van der Waals surface area contributed by atoms with Crippen LogP contribution in [0, 0.1) is 0 Å². The summed E-state index contributed by atoms with van der Waals surface area (Å²) in [6.07, 6.45) is 2.32. The van der Waals surface area contributed by atoms with Gasteiger partial charge in [0.2, 0.25) is 5.91 Å². The number of nitrogens with zero attached hydrogens (tertiary/aromatic N) is 3. The highest BCUT2D eigenvalue weighted by atomic mass is 35.5. The third-order valence-electron chi connectivity index (χ3n) is 5.01. The van der Waals surface area contributed by atoms with Gasteiger partial charge in [-0.25, -0.2) is 4.98 Å². The molecule has 1 amide bonds. The molecule has 7 nitrogen and oxygen atoms in total. The molecule has 1 aromatic carbocycles. The lowest BCUT2D eigenvalue weighted by Gasteiger charge is -2.35. The minimum Gasteiger partial charge on any atom is -0.493 e. The van der Waals surface area contributed by atoms with E-state index in [1.165, 1.54) is 0 Å². The Hall–Kier alpha value is -2.22. The normalized spacial score (nSPS) is 14.5. The second kappa shape index (κ2) is 10.7. The number of pyridine rings is 1. The van der Waals surface area contributed by atoms with Gasteiger partial charge in [0.1, 0.15) is 5.82 Å². The van der Waals surface area contributed by atoms with Crippen molar-refractivity contribution in [2.45, 2.75) is 6.42 Å². The number of anilines is 1. The second-order valence-electron chi connectivity index (χ2n) is 7.01. The molecule has 0 bridgehead atoms. The Kier molecular flexibility index (Phi) is 8.01. The van der Waals surface area contributed by atoms with Crippen molar-refractivity contribution in [2.24, 2.45) is 0 Å². The zero-order valence-electron chi connectivity index (χ0n) is 17.2. The number of hydrogen-bond acceptors (Lipinski definition) is 6. The molecule has 3 rings (SSSR count). The number of halogens is 2. The van der Waals surface area contributed by atoms with Crippen LogP contribution in [0.5, 0.6) is 11.5 Å². The fraction of sp³-hybridized carbons (Fsp3) is 0.429. The molecule has 0 radical (unpaired) electrons. The van der Waals surface area contributed by atoms with E-state index in [4.69, 9.17) is 32.7 Å². The summed E-state index contributed by atoms with van der Waals surface area (Å²) in [6.45, 7) is 3.99. The third-order valence-corrected chi connectivity index (χ3v) is 5.50. The van der Waals surface area contributed by atoms with Gasteiger partial charge in [0.15, 0.2) is 11.5 Å². The first-order valence-electron chi connectivity index (χ1n) is 9.76. The van der Waals surface area contributed by atoms with Crippen LogP contribution in [0.25, 0.3) is 0 Å². The van der Waals surface area contributed by atoms with Crippen molar-refractivity contribution in [3.05, 3.63) is 46.1 Å². The molecule has 1 saturated heterocycles. The number of methoxy groups -OCH3 is 2. The summed E-state index contributed by atoms with van der Waals surface area (Å²) in [7, 11) is 3.22. The number of nitrogens with one attached hydrogen (secondary N) is 1. The predicted octanol–water partition coefficient (Wildman–Crippen LogP) is 2.89. The summed E-state index contributed by atoms with van der Waals surface area (Å²) < 4.78 is 10.6. The number of carbonyl (C=O) groups is 1. The number of benzene rings is 1. The van der Waals surface area contributed by atoms with Gasteiger partial charge in [0.25, 0.3) is 0 Å². The zero-order valence-corrected chi connectivity index (χ0v) is 18.7. The monoisotopic (exact) mass is 452 g/mol. The molecule has 2 aromatic rings. The van der Waals surface area contributed by atoms with Crippen LogP contribution < -0.4 is 19.7 Å². The van der Waals surface area contributed by atoms with Gasteiger partial charge in [-0.05, 0) is 30.2 Å². The van der Waals surface area contributed by atoms with Crippen molar-refractivity contribution in [1.82, 2.24) is 15.2 Å². The van der Waals surface area contributed by atoms with E-state index in [0.717, 1.165) is 44.0 Å². The average Bonchev–Trinajstić information content (AvgIpc) is 2.74. The van der Waals surface area contributed by atoms with Gasteiger partial charge in [-0.15, -0.1) is 0 Å². The number of carbonyl (C=O) groups excluding carboxylic acids is 1.